The highest BCUT2D eigenvalue weighted by Gasteiger charge is 2.18. The molecule has 0 unspecified atom stereocenters. The largest absolute Gasteiger partial charge is 0.370 e. The minimum atomic E-state index is -0.858. The molecule has 0 saturated carbocycles. The van der Waals surface area contributed by atoms with Crippen molar-refractivity contribution in [3.63, 3.8) is 0 Å². The quantitative estimate of drug-likeness (QED) is 0.328. The second kappa shape index (κ2) is 9.46. The van der Waals surface area contributed by atoms with E-state index in [1.807, 2.05) is 0 Å². The van der Waals surface area contributed by atoms with Crippen molar-refractivity contribution in [3.8, 4) is 0 Å². The Morgan fingerprint density at radius 3 is 2.56 bits per heavy atom. The van der Waals surface area contributed by atoms with Gasteiger partial charge in [-0.25, -0.2) is 0 Å². The maximum absolute atomic E-state index is 11.4. The van der Waals surface area contributed by atoms with Crippen LogP contribution in [0.3, 0.4) is 0 Å². The molecule has 0 aliphatic carbocycles. The van der Waals surface area contributed by atoms with Crippen LogP contribution in [0.4, 0.5) is 0 Å². The van der Waals surface area contributed by atoms with Gasteiger partial charge in [0.1, 0.15) is 0 Å². The summed E-state index contributed by atoms with van der Waals surface area (Å²) < 4.78 is 0. The molecule has 0 aromatic rings. The molecule has 0 rings (SSSR count). The minimum absolute atomic E-state index is 0.156. The van der Waals surface area contributed by atoms with Crippen molar-refractivity contribution in [2.24, 2.45) is 5.73 Å². The first-order valence-electron chi connectivity index (χ1n) is 5.30. The number of carbonyl (C=O) groups is 4. The number of primary amides is 1. The third-order valence-corrected chi connectivity index (χ3v) is 2.90. The lowest BCUT2D eigenvalue weighted by atomic mass is 10.1. The maximum atomic E-state index is 11.4. The molecule has 0 aromatic heterocycles. The zero-order valence-electron chi connectivity index (χ0n) is 10.1. The second-order valence-corrected chi connectivity index (χ2v) is 4.63. The summed E-state index contributed by atoms with van der Waals surface area (Å²) in [5, 5.41) is 4.90. The van der Waals surface area contributed by atoms with Gasteiger partial charge in [0.15, 0.2) is 5.78 Å². The number of hydrogen-bond acceptors (Lipinski definition) is 5. The third-order valence-electron chi connectivity index (χ3n) is 1.94. The van der Waals surface area contributed by atoms with Gasteiger partial charge in [0.25, 0.3) is 0 Å². The molecule has 0 saturated heterocycles. The van der Waals surface area contributed by atoms with Gasteiger partial charge in [-0.3, -0.25) is 19.2 Å². The first-order chi connectivity index (χ1) is 8.47. The van der Waals surface area contributed by atoms with Crippen molar-refractivity contribution in [2.45, 2.75) is 19.4 Å². The average molecular weight is 275 g/mol. The average Bonchev–Trinajstić information content (AvgIpc) is 2.27. The van der Waals surface area contributed by atoms with Gasteiger partial charge in [0.2, 0.25) is 18.2 Å². The van der Waals surface area contributed by atoms with Crippen LogP contribution in [0.2, 0.25) is 0 Å². The van der Waals surface area contributed by atoms with Gasteiger partial charge in [-0.1, -0.05) is 0 Å². The molecule has 8 heteroatoms. The number of hydrogen-bond donors (Lipinski definition) is 3. The zero-order valence-corrected chi connectivity index (χ0v) is 10.9. The van der Waals surface area contributed by atoms with E-state index in [1.54, 1.807) is 0 Å². The molecule has 1 atom stereocenters. The molecule has 4 N–H and O–H groups in total. The normalized spacial score (nSPS) is 11.4. The Hall–Kier alpha value is -1.57. The summed E-state index contributed by atoms with van der Waals surface area (Å²) in [4.78, 5) is 43.2. The Morgan fingerprint density at radius 2 is 2.06 bits per heavy atom. The van der Waals surface area contributed by atoms with Crippen molar-refractivity contribution in [1.29, 1.82) is 0 Å². The van der Waals surface area contributed by atoms with Crippen molar-refractivity contribution >= 4 is 35.8 Å². The van der Waals surface area contributed by atoms with Crippen molar-refractivity contribution < 1.29 is 19.2 Å². The molecule has 102 valence electrons. The van der Waals surface area contributed by atoms with Gasteiger partial charge >= 0.3 is 0 Å². The molecule has 0 aromatic carbocycles. The second-order valence-electron chi connectivity index (χ2n) is 3.53. The highest BCUT2D eigenvalue weighted by atomic mass is 32.2. The predicted molar refractivity (Wildman–Crippen MR) is 67.8 cm³/mol. The predicted octanol–water partition coefficient (Wildman–Crippen LogP) is -1.59. The molecular formula is C10H17N3O4S. The van der Waals surface area contributed by atoms with E-state index in [-0.39, 0.29) is 23.9 Å². The molecule has 0 heterocycles. The van der Waals surface area contributed by atoms with Crippen LogP contribution in [0.5, 0.6) is 0 Å². The summed E-state index contributed by atoms with van der Waals surface area (Å²) in [7, 11) is 0. The fraction of sp³-hybridized carbons (Fsp3) is 0.600. The number of rotatable bonds is 10. The Morgan fingerprint density at radius 1 is 1.39 bits per heavy atom. The Bertz CT molecular complexity index is 322. The molecule has 7 nitrogen and oxygen atoms in total. The van der Waals surface area contributed by atoms with Crippen LogP contribution in [0.15, 0.2) is 0 Å². The SMILES string of the molecule is CC(=O)[C@H](CC(N)=O)NC(=O)CSCCNC=O. The molecule has 0 aliphatic rings. The van der Waals surface area contributed by atoms with E-state index in [0.29, 0.717) is 18.7 Å². The molecule has 3 amide bonds. The van der Waals surface area contributed by atoms with Crippen LogP contribution in [-0.2, 0) is 19.2 Å². The van der Waals surface area contributed by atoms with Crippen LogP contribution in [0.1, 0.15) is 13.3 Å². The maximum Gasteiger partial charge on any atom is 0.230 e. The standard InChI is InChI=1S/C10H17N3O4S/c1-7(15)8(4-9(11)16)13-10(17)5-18-3-2-12-6-14/h6,8H,2-5H2,1H3,(H2,11,16)(H,12,14)(H,13,17)/t8-/m0/s1. The smallest absolute Gasteiger partial charge is 0.230 e. The number of amides is 3. The van der Waals surface area contributed by atoms with Crippen LogP contribution in [0, 0.1) is 0 Å². The Labute approximate surface area is 109 Å². The summed E-state index contributed by atoms with van der Waals surface area (Å²) in [6, 6.07) is -0.858. The monoisotopic (exact) mass is 275 g/mol. The van der Waals surface area contributed by atoms with E-state index in [9.17, 15) is 19.2 Å². The molecule has 0 spiro atoms. The van der Waals surface area contributed by atoms with E-state index in [4.69, 9.17) is 5.73 Å². The number of thioether (sulfide) groups is 1. The summed E-state index contributed by atoms with van der Waals surface area (Å²) in [5.74, 6) is -0.545. The number of nitrogens with one attached hydrogen (secondary N) is 2. The lowest BCUT2D eigenvalue weighted by molar-refractivity contribution is -0.128. The van der Waals surface area contributed by atoms with Crippen molar-refractivity contribution in [2.75, 3.05) is 18.1 Å². The fourth-order valence-electron chi connectivity index (χ4n) is 1.09. The third kappa shape index (κ3) is 8.57. The number of ketones is 1. The minimum Gasteiger partial charge on any atom is -0.370 e. The Kier molecular flexibility index (Phi) is 8.63. The topological polar surface area (TPSA) is 118 Å². The first kappa shape index (κ1) is 16.4. The van der Waals surface area contributed by atoms with Crippen LogP contribution in [-0.4, -0.2) is 48.1 Å². The lowest BCUT2D eigenvalue weighted by Gasteiger charge is -2.13. The molecule has 0 bridgehead atoms. The van der Waals surface area contributed by atoms with Gasteiger partial charge in [-0.05, 0) is 6.92 Å². The van der Waals surface area contributed by atoms with Crippen molar-refractivity contribution in [1.82, 2.24) is 10.6 Å². The van der Waals surface area contributed by atoms with Gasteiger partial charge in [-0.2, -0.15) is 11.8 Å². The highest BCUT2D eigenvalue weighted by molar-refractivity contribution is 7.99. The summed E-state index contributed by atoms with van der Waals surface area (Å²) in [5.41, 5.74) is 4.97. The van der Waals surface area contributed by atoms with Gasteiger partial charge < -0.3 is 16.4 Å². The van der Waals surface area contributed by atoms with Gasteiger partial charge in [-0.15, -0.1) is 0 Å². The van der Waals surface area contributed by atoms with Gasteiger partial charge in [0.05, 0.1) is 18.2 Å². The van der Waals surface area contributed by atoms with E-state index >= 15 is 0 Å². The number of Topliss-reactive ketones (excluding diaryl/α,β-unsaturated/α-hetero) is 1. The van der Waals surface area contributed by atoms with E-state index in [0.717, 1.165) is 0 Å². The number of nitrogens with two attached hydrogens (primary N) is 1. The van der Waals surface area contributed by atoms with Crippen LogP contribution >= 0.6 is 11.8 Å². The first-order valence-corrected chi connectivity index (χ1v) is 6.45. The summed E-state index contributed by atoms with van der Waals surface area (Å²) in [6.07, 6.45) is 0.387. The van der Waals surface area contributed by atoms with Gasteiger partial charge in [0, 0.05) is 12.3 Å². The Balaban J connectivity index is 3.91. The molecule has 0 radical (unpaired) electrons. The van der Waals surface area contributed by atoms with E-state index < -0.39 is 11.9 Å². The molecule has 18 heavy (non-hydrogen) atoms. The highest BCUT2D eigenvalue weighted by Crippen LogP contribution is 1.99. The molecular weight excluding hydrogens is 258 g/mol. The molecule has 0 fully saturated rings. The fourth-order valence-corrected chi connectivity index (χ4v) is 1.76. The van der Waals surface area contributed by atoms with Crippen molar-refractivity contribution in [3.05, 3.63) is 0 Å². The number of carbonyl (C=O) groups excluding carboxylic acids is 4. The molecule has 0 aliphatic heterocycles. The van der Waals surface area contributed by atoms with Crippen LogP contribution < -0.4 is 16.4 Å². The zero-order chi connectivity index (χ0) is 14.0. The van der Waals surface area contributed by atoms with Crippen LogP contribution in [0.25, 0.3) is 0 Å². The van der Waals surface area contributed by atoms with E-state index in [1.165, 1.54) is 18.7 Å². The van der Waals surface area contributed by atoms with E-state index in [2.05, 4.69) is 10.6 Å². The lowest BCUT2D eigenvalue weighted by Crippen LogP contribution is -2.43. The summed E-state index contributed by atoms with van der Waals surface area (Å²) in [6.45, 7) is 1.76. The summed E-state index contributed by atoms with van der Waals surface area (Å²) >= 11 is 1.31.